The summed E-state index contributed by atoms with van der Waals surface area (Å²) in [5.41, 5.74) is 0. The normalized spacial score (nSPS) is 26.4. The van der Waals surface area contributed by atoms with E-state index < -0.39 is 10.0 Å². The van der Waals surface area contributed by atoms with Crippen LogP contribution in [-0.4, -0.2) is 25.8 Å². The van der Waals surface area contributed by atoms with Crippen molar-refractivity contribution in [3.05, 3.63) is 17.0 Å². The number of hydrogen-bond donors (Lipinski definition) is 0. The number of rotatable bonds is 3. The van der Waals surface area contributed by atoms with Crippen LogP contribution in [0, 0.1) is 11.8 Å². The molecule has 1 aliphatic rings. The van der Waals surface area contributed by atoms with E-state index in [9.17, 15) is 8.42 Å². The van der Waals surface area contributed by atoms with E-state index in [2.05, 4.69) is 13.8 Å². The molecule has 2 unspecified atom stereocenters. The van der Waals surface area contributed by atoms with Gasteiger partial charge in [0.25, 0.3) is 10.0 Å². The first-order valence-corrected chi connectivity index (χ1v) is 8.87. The van der Waals surface area contributed by atoms with E-state index in [-0.39, 0.29) is 0 Å². The van der Waals surface area contributed by atoms with Gasteiger partial charge in [-0.2, -0.15) is 4.31 Å². The molecule has 1 fully saturated rings. The number of halogens is 1. The second-order valence-corrected chi connectivity index (χ2v) is 8.72. The van der Waals surface area contributed by atoms with Crippen LogP contribution in [0.1, 0.15) is 25.1 Å². The standard InChI is InChI=1S/C12H18ClNO2S2/c1-9-5-10(2)8-14(7-9)18(15,16)12-4-3-11(6-13)17-12/h3-4,9-10H,5-8H2,1-2H3. The van der Waals surface area contributed by atoms with E-state index in [0.29, 0.717) is 35.0 Å². The number of nitrogens with zero attached hydrogens (tertiary/aromatic N) is 1. The van der Waals surface area contributed by atoms with Crippen molar-refractivity contribution < 1.29 is 8.42 Å². The number of thiophene rings is 1. The Balaban J connectivity index is 2.25. The van der Waals surface area contributed by atoms with Gasteiger partial charge in [-0.15, -0.1) is 22.9 Å². The Kier molecular flexibility index (Phi) is 4.36. The van der Waals surface area contributed by atoms with Crippen molar-refractivity contribution in [1.29, 1.82) is 0 Å². The van der Waals surface area contributed by atoms with Crippen LogP contribution in [0.4, 0.5) is 0 Å². The second kappa shape index (κ2) is 5.49. The summed E-state index contributed by atoms with van der Waals surface area (Å²) in [5, 5.41) is 0. The van der Waals surface area contributed by atoms with Gasteiger partial charge >= 0.3 is 0 Å². The summed E-state index contributed by atoms with van der Waals surface area (Å²) in [6.45, 7) is 5.47. The largest absolute Gasteiger partial charge is 0.252 e. The van der Waals surface area contributed by atoms with Crippen LogP contribution in [0.5, 0.6) is 0 Å². The van der Waals surface area contributed by atoms with E-state index in [0.717, 1.165) is 11.3 Å². The lowest BCUT2D eigenvalue weighted by Gasteiger charge is -2.33. The first-order chi connectivity index (χ1) is 8.43. The topological polar surface area (TPSA) is 37.4 Å². The smallest absolute Gasteiger partial charge is 0.206 e. The van der Waals surface area contributed by atoms with Gasteiger partial charge in [-0.1, -0.05) is 13.8 Å². The van der Waals surface area contributed by atoms with Crippen LogP contribution < -0.4 is 0 Å². The molecular formula is C12H18ClNO2S2. The third-order valence-electron chi connectivity index (χ3n) is 3.20. The van der Waals surface area contributed by atoms with Crippen molar-refractivity contribution in [2.75, 3.05) is 13.1 Å². The van der Waals surface area contributed by atoms with Crippen molar-refractivity contribution in [3.63, 3.8) is 0 Å². The number of hydrogen-bond acceptors (Lipinski definition) is 3. The van der Waals surface area contributed by atoms with Crippen LogP contribution in [0.25, 0.3) is 0 Å². The van der Waals surface area contributed by atoms with Crippen LogP contribution in [0.3, 0.4) is 0 Å². The molecule has 0 aliphatic carbocycles. The predicted octanol–water partition coefficient (Wildman–Crippen LogP) is 3.15. The first kappa shape index (κ1) is 14.3. The summed E-state index contributed by atoms with van der Waals surface area (Å²) in [5.74, 6) is 1.22. The van der Waals surface area contributed by atoms with Crippen molar-refractivity contribution in [1.82, 2.24) is 4.31 Å². The van der Waals surface area contributed by atoms with E-state index >= 15 is 0 Å². The molecule has 0 aromatic carbocycles. The molecule has 2 heterocycles. The summed E-state index contributed by atoms with van der Waals surface area (Å²) in [6, 6.07) is 3.46. The third kappa shape index (κ3) is 2.90. The van der Waals surface area contributed by atoms with E-state index in [1.54, 1.807) is 16.4 Å². The number of sulfonamides is 1. The summed E-state index contributed by atoms with van der Waals surface area (Å²) in [4.78, 5) is 0.897. The van der Waals surface area contributed by atoms with Crippen molar-refractivity contribution in [2.45, 2.75) is 30.4 Å². The van der Waals surface area contributed by atoms with E-state index in [4.69, 9.17) is 11.6 Å². The molecule has 0 bridgehead atoms. The minimum atomic E-state index is -3.32. The van der Waals surface area contributed by atoms with Gasteiger partial charge in [0.2, 0.25) is 0 Å². The summed E-state index contributed by atoms with van der Waals surface area (Å²) >= 11 is 7.00. The highest BCUT2D eigenvalue weighted by atomic mass is 35.5. The Morgan fingerprint density at radius 1 is 1.33 bits per heavy atom. The molecule has 1 aromatic heterocycles. The fourth-order valence-corrected chi connectivity index (χ4v) is 5.79. The molecule has 2 atom stereocenters. The molecule has 102 valence electrons. The Hall–Kier alpha value is -0.100. The van der Waals surface area contributed by atoms with Crippen molar-refractivity contribution in [3.8, 4) is 0 Å². The molecule has 6 heteroatoms. The van der Waals surface area contributed by atoms with Crippen molar-refractivity contribution >= 4 is 33.0 Å². The summed E-state index contributed by atoms with van der Waals surface area (Å²) in [6.07, 6.45) is 1.10. The number of alkyl halides is 1. The number of piperidine rings is 1. The van der Waals surface area contributed by atoms with Gasteiger partial charge in [-0.05, 0) is 30.4 Å². The van der Waals surface area contributed by atoms with Crippen LogP contribution >= 0.6 is 22.9 Å². The average molecular weight is 308 g/mol. The maximum absolute atomic E-state index is 12.5. The lowest BCUT2D eigenvalue weighted by atomic mass is 9.94. The van der Waals surface area contributed by atoms with Gasteiger partial charge in [0.05, 0.1) is 5.88 Å². The average Bonchev–Trinajstić information content (AvgIpc) is 2.76. The molecule has 0 radical (unpaired) electrons. The molecule has 0 amide bonds. The SMILES string of the molecule is CC1CC(C)CN(S(=O)(=O)c2ccc(CCl)s2)C1. The Bertz CT molecular complexity index is 502. The molecule has 0 spiro atoms. The van der Waals surface area contributed by atoms with Gasteiger partial charge < -0.3 is 0 Å². The maximum atomic E-state index is 12.5. The fraction of sp³-hybridized carbons (Fsp3) is 0.667. The molecule has 1 aromatic rings. The molecular weight excluding hydrogens is 290 g/mol. The zero-order valence-corrected chi connectivity index (χ0v) is 13.0. The predicted molar refractivity (Wildman–Crippen MR) is 75.6 cm³/mol. The molecule has 1 aliphatic heterocycles. The zero-order valence-electron chi connectivity index (χ0n) is 10.6. The van der Waals surface area contributed by atoms with Gasteiger partial charge in [0.1, 0.15) is 4.21 Å². The minimum absolute atomic E-state index is 0.368. The fourth-order valence-electron chi connectivity index (χ4n) is 2.50. The highest BCUT2D eigenvalue weighted by molar-refractivity contribution is 7.91. The summed E-state index contributed by atoms with van der Waals surface area (Å²) in [7, 11) is -3.32. The molecule has 3 nitrogen and oxygen atoms in total. The Morgan fingerprint density at radius 3 is 2.44 bits per heavy atom. The maximum Gasteiger partial charge on any atom is 0.252 e. The lowest BCUT2D eigenvalue weighted by Crippen LogP contribution is -2.42. The first-order valence-electron chi connectivity index (χ1n) is 6.08. The van der Waals surface area contributed by atoms with Crippen molar-refractivity contribution in [2.24, 2.45) is 11.8 Å². The highest BCUT2D eigenvalue weighted by Gasteiger charge is 2.32. The van der Waals surface area contributed by atoms with Crippen LogP contribution in [0.2, 0.25) is 0 Å². The lowest BCUT2D eigenvalue weighted by molar-refractivity contribution is 0.223. The monoisotopic (exact) mass is 307 g/mol. The third-order valence-corrected chi connectivity index (χ3v) is 7.03. The zero-order chi connectivity index (χ0) is 13.3. The summed E-state index contributed by atoms with van der Waals surface area (Å²) < 4.78 is 27.0. The second-order valence-electron chi connectivity index (χ2n) is 5.12. The van der Waals surface area contributed by atoms with Gasteiger partial charge in [0, 0.05) is 18.0 Å². The quantitative estimate of drug-likeness (QED) is 0.804. The molecule has 0 saturated carbocycles. The van der Waals surface area contributed by atoms with E-state index in [1.165, 1.54) is 11.3 Å². The van der Waals surface area contributed by atoms with E-state index in [1.807, 2.05) is 0 Å². The van der Waals surface area contributed by atoms with Gasteiger partial charge in [-0.3, -0.25) is 0 Å². The molecule has 2 rings (SSSR count). The molecule has 18 heavy (non-hydrogen) atoms. The molecule has 1 saturated heterocycles. The highest BCUT2D eigenvalue weighted by Crippen LogP contribution is 2.30. The Morgan fingerprint density at radius 2 is 1.94 bits per heavy atom. The Labute approximate surface area is 118 Å². The minimum Gasteiger partial charge on any atom is -0.206 e. The van der Waals surface area contributed by atoms with Crippen LogP contribution in [0.15, 0.2) is 16.3 Å². The van der Waals surface area contributed by atoms with Gasteiger partial charge in [0.15, 0.2) is 0 Å². The van der Waals surface area contributed by atoms with Gasteiger partial charge in [-0.25, -0.2) is 8.42 Å². The molecule has 0 N–H and O–H groups in total. The van der Waals surface area contributed by atoms with Crippen LogP contribution in [-0.2, 0) is 15.9 Å².